The number of nitrogens with zero attached hydrogens (tertiary/aromatic N) is 3. The van der Waals surface area contributed by atoms with Crippen molar-refractivity contribution in [3.8, 4) is 5.88 Å². The van der Waals surface area contributed by atoms with E-state index in [2.05, 4.69) is 15.3 Å². The van der Waals surface area contributed by atoms with Crippen LogP contribution in [-0.4, -0.2) is 47.0 Å². The van der Waals surface area contributed by atoms with Crippen LogP contribution < -0.4 is 10.1 Å². The topological polar surface area (TPSA) is 67.3 Å². The fourth-order valence-electron chi connectivity index (χ4n) is 2.78. The smallest absolute Gasteiger partial charge is 0.272 e. The number of rotatable bonds is 4. The zero-order valence-electron chi connectivity index (χ0n) is 13.1. The van der Waals surface area contributed by atoms with Crippen LogP contribution in [0.4, 0.5) is 5.69 Å². The van der Waals surface area contributed by atoms with Crippen molar-refractivity contribution in [3.63, 3.8) is 0 Å². The van der Waals surface area contributed by atoms with E-state index in [0.29, 0.717) is 18.1 Å². The zero-order valence-corrected chi connectivity index (χ0v) is 13.1. The maximum absolute atomic E-state index is 12.6. The van der Waals surface area contributed by atoms with Gasteiger partial charge in [0.15, 0.2) is 0 Å². The maximum Gasteiger partial charge on any atom is 0.272 e. The van der Waals surface area contributed by atoms with Crippen molar-refractivity contribution in [3.05, 3.63) is 48.4 Å². The van der Waals surface area contributed by atoms with Gasteiger partial charge < -0.3 is 15.0 Å². The Balaban J connectivity index is 1.66. The van der Waals surface area contributed by atoms with E-state index in [9.17, 15) is 4.79 Å². The lowest BCUT2D eigenvalue weighted by atomic mass is 10.0. The predicted octanol–water partition coefficient (Wildman–Crippen LogP) is 2.20. The van der Waals surface area contributed by atoms with Crippen LogP contribution in [0.3, 0.4) is 0 Å². The molecule has 0 spiro atoms. The third kappa shape index (κ3) is 3.77. The maximum atomic E-state index is 12.6. The summed E-state index contributed by atoms with van der Waals surface area (Å²) in [4.78, 5) is 22.5. The summed E-state index contributed by atoms with van der Waals surface area (Å²) in [5.74, 6) is 0.324. The Morgan fingerprint density at radius 2 is 2.13 bits per heavy atom. The summed E-state index contributed by atoms with van der Waals surface area (Å²) in [5, 5.41) is 3.49. The quantitative estimate of drug-likeness (QED) is 0.937. The number of piperidine rings is 1. The highest BCUT2D eigenvalue weighted by Gasteiger charge is 2.25. The van der Waals surface area contributed by atoms with Gasteiger partial charge in [-0.2, -0.15) is 0 Å². The molecule has 0 aliphatic carbocycles. The van der Waals surface area contributed by atoms with E-state index in [-0.39, 0.29) is 11.9 Å². The number of anilines is 1. The first-order valence-electron chi connectivity index (χ1n) is 7.73. The van der Waals surface area contributed by atoms with E-state index in [0.717, 1.165) is 25.1 Å². The number of benzene rings is 1. The Labute approximate surface area is 135 Å². The average molecular weight is 312 g/mol. The second kappa shape index (κ2) is 7.09. The summed E-state index contributed by atoms with van der Waals surface area (Å²) >= 11 is 0. The van der Waals surface area contributed by atoms with Crippen LogP contribution in [0.25, 0.3) is 0 Å². The van der Waals surface area contributed by atoms with E-state index in [1.54, 1.807) is 6.07 Å². The molecular formula is C17H20N4O2. The average Bonchev–Trinajstić information content (AvgIpc) is 2.62. The van der Waals surface area contributed by atoms with Gasteiger partial charge in [-0.3, -0.25) is 4.79 Å². The fourth-order valence-corrected chi connectivity index (χ4v) is 2.78. The minimum absolute atomic E-state index is 0.0785. The molecule has 2 aromatic rings. The van der Waals surface area contributed by atoms with Crippen molar-refractivity contribution >= 4 is 11.6 Å². The van der Waals surface area contributed by atoms with Crippen LogP contribution in [-0.2, 0) is 0 Å². The highest BCUT2D eigenvalue weighted by Crippen LogP contribution is 2.18. The molecule has 1 atom stereocenters. The van der Waals surface area contributed by atoms with Crippen LogP contribution in [0.2, 0.25) is 0 Å². The van der Waals surface area contributed by atoms with Crippen molar-refractivity contribution in [1.82, 2.24) is 14.9 Å². The summed E-state index contributed by atoms with van der Waals surface area (Å²) in [6.07, 6.45) is 3.37. The summed E-state index contributed by atoms with van der Waals surface area (Å²) in [6.45, 7) is 1.41. The van der Waals surface area contributed by atoms with Crippen molar-refractivity contribution in [2.75, 3.05) is 25.5 Å². The number of ether oxygens (including phenoxy) is 1. The molecule has 3 rings (SSSR count). The van der Waals surface area contributed by atoms with Crippen LogP contribution in [0.5, 0.6) is 5.88 Å². The Hall–Kier alpha value is -2.63. The van der Waals surface area contributed by atoms with Crippen molar-refractivity contribution in [2.45, 2.75) is 18.9 Å². The second-order valence-corrected chi connectivity index (χ2v) is 5.55. The number of hydrogen-bond acceptors (Lipinski definition) is 5. The van der Waals surface area contributed by atoms with Gasteiger partial charge in [-0.05, 0) is 25.0 Å². The summed E-state index contributed by atoms with van der Waals surface area (Å²) in [5.41, 5.74) is 1.45. The third-order valence-electron chi connectivity index (χ3n) is 3.92. The van der Waals surface area contributed by atoms with Crippen LogP contribution >= 0.6 is 0 Å². The molecule has 1 N–H and O–H groups in total. The molecule has 0 radical (unpaired) electrons. The SMILES string of the molecule is COc1cc(C(=O)N2CCCC(Nc3ccccc3)C2)ncn1. The van der Waals surface area contributed by atoms with E-state index in [1.165, 1.54) is 13.4 Å². The van der Waals surface area contributed by atoms with Gasteiger partial charge in [0.05, 0.1) is 7.11 Å². The van der Waals surface area contributed by atoms with Crippen LogP contribution in [0, 0.1) is 0 Å². The Kier molecular flexibility index (Phi) is 4.71. The second-order valence-electron chi connectivity index (χ2n) is 5.55. The number of carbonyl (C=O) groups excluding carboxylic acids is 1. The Bertz CT molecular complexity index is 663. The van der Waals surface area contributed by atoms with Crippen molar-refractivity contribution < 1.29 is 9.53 Å². The van der Waals surface area contributed by atoms with E-state index in [1.807, 2.05) is 35.2 Å². The summed E-state index contributed by atoms with van der Waals surface area (Å²) in [7, 11) is 1.53. The monoisotopic (exact) mass is 312 g/mol. The van der Waals surface area contributed by atoms with Gasteiger partial charge in [0.1, 0.15) is 12.0 Å². The van der Waals surface area contributed by atoms with E-state index >= 15 is 0 Å². The number of carbonyl (C=O) groups is 1. The lowest BCUT2D eigenvalue weighted by Gasteiger charge is -2.33. The number of amides is 1. The van der Waals surface area contributed by atoms with Gasteiger partial charge in [0.25, 0.3) is 5.91 Å². The lowest BCUT2D eigenvalue weighted by Crippen LogP contribution is -2.45. The first-order valence-corrected chi connectivity index (χ1v) is 7.73. The molecule has 1 fully saturated rings. The van der Waals surface area contributed by atoms with Crippen LogP contribution in [0.1, 0.15) is 23.3 Å². The highest BCUT2D eigenvalue weighted by molar-refractivity contribution is 5.92. The molecule has 1 unspecified atom stereocenters. The highest BCUT2D eigenvalue weighted by atomic mass is 16.5. The third-order valence-corrected chi connectivity index (χ3v) is 3.92. The minimum Gasteiger partial charge on any atom is -0.481 e. The largest absolute Gasteiger partial charge is 0.481 e. The normalized spacial score (nSPS) is 17.6. The van der Waals surface area contributed by atoms with Crippen LogP contribution in [0.15, 0.2) is 42.7 Å². The van der Waals surface area contributed by atoms with Gasteiger partial charge in [-0.1, -0.05) is 18.2 Å². The molecule has 0 bridgehead atoms. The van der Waals surface area contributed by atoms with Gasteiger partial charge in [-0.15, -0.1) is 0 Å². The number of hydrogen-bond donors (Lipinski definition) is 1. The number of nitrogens with one attached hydrogen (secondary N) is 1. The molecule has 1 aromatic heterocycles. The molecule has 120 valence electrons. The van der Waals surface area contributed by atoms with Gasteiger partial charge in [0, 0.05) is 30.9 Å². The number of methoxy groups -OCH3 is 1. The number of para-hydroxylation sites is 1. The molecular weight excluding hydrogens is 292 g/mol. The Morgan fingerprint density at radius 3 is 2.91 bits per heavy atom. The van der Waals surface area contributed by atoms with Crippen molar-refractivity contribution in [2.24, 2.45) is 0 Å². The van der Waals surface area contributed by atoms with E-state index in [4.69, 9.17) is 4.74 Å². The van der Waals surface area contributed by atoms with E-state index < -0.39 is 0 Å². The summed E-state index contributed by atoms with van der Waals surface area (Å²) < 4.78 is 5.06. The molecule has 1 aliphatic rings. The van der Waals surface area contributed by atoms with Crippen molar-refractivity contribution in [1.29, 1.82) is 0 Å². The molecule has 23 heavy (non-hydrogen) atoms. The predicted molar refractivity (Wildman–Crippen MR) is 87.6 cm³/mol. The number of aromatic nitrogens is 2. The molecule has 1 amide bonds. The molecule has 6 nitrogen and oxygen atoms in total. The van der Waals surface area contributed by atoms with Gasteiger partial charge in [-0.25, -0.2) is 9.97 Å². The minimum atomic E-state index is -0.0785. The number of likely N-dealkylation sites (tertiary alicyclic amines) is 1. The van der Waals surface area contributed by atoms with Gasteiger partial charge in [0.2, 0.25) is 5.88 Å². The molecule has 0 saturated carbocycles. The van der Waals surface area contributed by atoms with Gasteiger partial charge >= 0.3 is 0 Å². The molecule has 1 aromatic carbocycles. The lowest BCUT2D eigenvalue weighted by molar-refractivity contribution is 0.0708. The molecule has 6 heteroatoms. The zero-order chi connectivity index (χ0) is 16.1. The first-order chi connectivity index (χ1) is 11.3. The fraction of sp³-hybridized carbons (Fsp3) is 0.353. The Morgan fingerprint density at radius 1 is 1.30 bits per heavy atom. The molecule has 1 aliphatic heterocycles. The standard InChI is InChI=1S/C17H20N4O2/c1-23-16-10-15(18-12-19-16)17(22)21-9-5-8-14(11-21)20-13-6-3-2-4-7-13/h2-4,6-7,10,12,14,20H,5,8-9,11H2,1H3. The summed E-state index contributed by atoms with van der Waals surface area (Å²) in [6, 6.07) is 11.9. The molecule has 2 heterocycles. The molecule has 1 saturated heterocycles. The first kappa shape index (κ1) is 15.3.